The van der Waals surface area contributed by atoms with Crippen molar-refractivity contribution in [2.45, 2.75) is 26.3 Å². The summed E-state index contributed by atoms with van der Waals surface area (Å²) in [6.45, 7) is 5.63. The SMILES string of the molecule is CN(CC(=O)NC(C)(C)C)c1nc2sccn2c1[N+](=O)[O-]. The lowest BCUT2D eigenvalue weighted by molar-refractivity contribution is -0.389. The van der Waals surface area contributed by atoms with E-state index in [2.05, 4.69) is 10.3 Å². The number of fused-ring (bicyclic) bond motifs is 1. The third-order valence-electron chi connectivity index (χ3n) is 2.65. The summed E-state index contributed by atoms with van der Waals surface area (Å²) in [7, 11) is 1.61. The minimum atomic E-state index is -0.486. The van der Waals surface area contributed by atoms with E-state index in [1.807, 2.05) is 20.8 Å². The third-order valence-corrected chi connectivity index (χ3v) is 3.41. The first kappa shape index (κ1) is 15.2. The Balaban J connectivity index is 2.25. The highest BCUT2D eigenvalue weighted by Crippen LogP contribution is 2.30. The second-order valence-electron chi connectivity index (χ2n) is 5.73. The van der Waals surface area contributed by atoms with Gasteiger partial charge in [-0.3, -0.25) is 4.79 Å². The van der Waals surface area contributed by atoms with Crippen molar-refractivity contribution in [3.8, 4) is 0 Å². The normalized spacial score (nSPS) is 11.6. The zero-order valence-corrected chi connectivity index (χ0v) is 13.1. The molecule has 8 nitrogen and oxygen atoms in total. The van der Waals surface area contributed by atoms with Crippen molar-refractivity contribution >= 4 is 33.8 Å². The molecule has 2 aromatic rings. The first-order valence-electron chi connectivity index (χ1n) is 6.31. The number of imidazole rings is 1. The van der Waals surface area contributed by atoms with Crippen LogP contribution in [-0.4, -0.2) is 39.3 Å². The number of rotatable bonds is 4. The van der Waals surface area contributed by atoms with Crippen molar-refractivity contribution in [1.82, 2.24) is 14.7 Å². The van der Waals surface area contributed by atoms with Crippen LogP contribution in [0, 0.1) is 10.1 Å². The van der Waals surface area contributed by atoms with Gasteiger partial charge >= 0.3 is 5.82 Å². The maximum atomic E-state index is 11.9. The average Bonchev–Trinajstić information content (AvgIpc) is 2.83. The van der Waals surface area contributed by atoms with Crippen LogP contribution in [0.2, 0.25) is 0 Å². The van der Waals surface area contributed by atoms with Crippen LogP contribution in [-0.2, 0) is 4.79 Å². The zero-order chi connectivity index (χ0) is 15.8. The predicted octanol–water partition coefficient (Wildman–Crippen LogP) is 1.65. The molecule has 2 heterocycles. The van der Waals surface area contributed by atoms with E-state index in [0.717, 1.165) is 0 Å². The molecule has 0 fully saturated rings. The van der Waals surface area contributed by atoms with E-state index >= 15 is 0 Å². The number of anilines is 1. The van der Waals surface area contributed by atoms with Gasteiger partial charge in [-0.05, 0) is 25.7 Å². The summed E-state index contributed by atoms with van der Waals surface area (Å²) in [6.07, 6.45) is 1.59. The Morgan fingerprint density at radius 3 is 2.81 bits per heavy atom. The summed E-state index contributed by atoms with van der Waals surface area (Å²) >= 11 is 1.31. The number of hydrogen-bond acceptors (Lipinski definition) is 6. The molecule has 9 heteroatoms. The van der Waals surface area contributed by atoms with Crippen LogP contribution in [0.1, 0.15) is 20.8 Å². The topological polar surface area (TPSA) is 92.8 Å². The van der Waals surface area contributed by atoms with Crippen molar-refractivity contribution in [3.63, 3.8) is 0 Å². The number of nitrogens with zero attached hydrogens (tertiary/aromatic N) is 4. The fraction of sp³-hybridized carbons (Fsp3) is 0.500. The van der Waals surface area contributed by atoms with Gasteiger partial charge < -0.3 is 20.3 Å². The van der Waals surface area contributed by atoms with Crippen LogP contribution >= 0.6 is 11.3 Å². The summed E-state index contributed by atoms with van der Waals surface area (Å²) in [6, 6.07) is 0. The van der Waals surface area contributed by atoms with Crippen LogP contribution in [0.3, 0.4) is 0 Å². The summed E-state index contributed by atoms with van der Waals surface area (Å²) in [4.78, 5) is 28.9. The molecule has 0 spiro atoms. The van der Waals surface area contributed by atoms with Gasteiger partial charge in [0.05, 0.1) is 6.54 Å². The number of aromatic nitrogens is 2. The molecule has 114 valence electrons. The molecule has 0 aromatic carbocycles. The molecule has 1 amide bonds. The fourth-order valence-corrected chi connectivity index (χ4v) is 2.64. The maximum Gasteiger partial charge on any atom is 0.373 e. The minimum absolute atomic E-state index is 0.00292. The predicted molar refractivity (Wildman–Crippen MR) is 80.9 cm³/mol. The van der Waals surface area contributed by atoms with Crippen molar-refractivity contribution in [3.05, 3.63) is 21.7 Å². The number of likely N-dealkylation sites (N-methyl/N-ethyl adjacent to an activating group) is 1. The lowest BCUT2D eigenvalue weighted by Crippen LogP contribution is -2.45. The number of carbonyl (C=O) groups excluding carboxylic acids is 1. The third kappa shape index (κ3) is 3.30. The van der Waals surface area contributed by atoms with Crippen LogP contribution in [0.5, 0.6) is 0 Å². The largest absolute Gasteiger partial charge is 0.373 e. The van der Waals surface area contributed by atoms with Crippen molar-refractivity contribution < 1.29 is 9.72 Å². The number of thiazole rings is 1. The van der Waals surface area contributed by atoms with E-state index in [1.54, 1.807) is 18.6 Å². The fourth-order valence-electron chi connectivity index (χ4n) is 1.94. The molecule has 0 saturated heterocycles. The lowest BCUT2D eigenvalue weighted by Gasteiger charge is -2.23. The molecule has 0 aliphatic rings. The Morgan fingerprint density at radius 1 is 1.57 bits per heavy atom. The van der Waals surface area contributed by atoms with Gasteiger partial charge in [-0.2, -0.15) is 9.38 Å². The molecule has 0 aliphatic carbocycles. The van der Waals surface area contributed by atoms with Crippen LogP contribution in [0.15, 0.2) is 11.6 Å². The molecule has 0 radical (unpaired) electrons. The van der Waals surface area contributed by atoms with Crippen molar-refractivity contribution in [2.24, 2.45) is 0 Å². The molecule has 0 bridgehead atoms. The highest BCUT2D eigenvalue weighted by molar-refractivity contribution is 7.15. The Morgan fingerprint density at radius 2 is 2.24 bits per heavy atom. The van der Waals surface area contributed by atoms with Crippen LogP contribution in [0.25, 0.3) is 4.96 Å². The summed E-state index contributed by atoms with van der Waals surface area (Å²) < 4.78 is 1.41. The average molecular weight is 311 g/mol. The number of nitrogens with one attached hydrogen (secondary N) is 1. The molecule has 2 aromatic heterocycles. The van der Waals surface area contributed by atoms with Crippen LogP contribution < -0.4 is 10.2 Å². The molecule has 0 unspecified atom stereocenters. The highest BCUT2D eigenvalue weighted by atomic mass is 32.1. The van der Waals surface area contributed by atoms with Gasteiger partial charge in [-0.15, -0.1) is 0 Å². The van der Waals surface area contributed by atoms with Crippen molar-refractivity contribution in [2.75, 3.05) is 18.5 Å². The van der Waals surface area contributed by atoms with Gasteiger partial charge in [0.25, 0.3) is 4.96 Å². The summed E-state index contributed by atoms with van der Waals surface area (Å²) in [5.41, 5.74) is -0.349. The number of carbonyl (C=O) groups is 1. The van der Waals surface area contributed by atoms with E-state index in [9.17, 15) is 14.9 Å². The minimum Gasteiger partial charge on any atom is -0.358 e. The molecule has 0 aliphatic heterocycles. The number of amides is 1. The van der Waals surface area contributed by atoms with E-state index in [4.69, 9.17) is 0 Å². The highest BCUT2D eigenvalue weighted by Gasteiger charge is 2.27. The van der Waals surface area contributed by atoms with E-state index in [0.29, 0.717) is 4.96 Å². The second kappa shape index (κ2) is 5.32. The van der Waals surface area contributed by atoms with E-state index < -0.39 is 4.92 Å². The standard InChI is InChI=1S/C12H17N5O3S/c1-12(2,3)14-8(18)7-15(4)9-10(17(19)20)16-5-6-21-11(16)13-9/h5-6H,7H2,1-4H3,(H,14,18). The number of hydrogen-bond donors (Lipinski definition) is 1. The van der Waals surface area contributed by atoms with Gasteiger partial charge in [0.15, 0.2) is 0 Å². The Bertz CT molecular complexity index is 685. The van der Waals surface area contributed by atoms with Gasteiger partial charge in [0.2, 0.25) is 11.7 Å². The van der Waals surface area contributed by atoms with Gasteiger partial charge in [-0.1, -0.05) is 11.3 Å². The first-order chi connectivity index (χ1) is 9.69. The van der Waals surface area contributed by atoms with Gasteiger partial charge in [-0.25, -0.2) is 0 Å². The molecular weight excluding hydrogens is 294 g/mol. The van der Waals surface area contributed by atoms with Crippen molar-refractivity contribution in [1.29, 1.82) is 0 Å². The number of nitro groups is 1. The van der Waals surface area contributed by atoms with Crippen LogP contribution in [0.4, 0.5) is 11.6 Å². The molecule has 21 heavy (non-hydrogen) atoms. The molecule has 0 atom stereocenters. The quantitative estimate of drug-likeness (QED) is 0.684. The summed E-state index contributed by atoms with van der Waals surface area (Å²) in [5.74, 6) is -0.149. The molecule has 0 saturated carbocycles. The Kier molecular flexibility index (Phi) is 3.86. The maximum absolute atomic E-state index is 11.9. The molecule has 2 rings (SSSR count). The monoisotopic (exact) mass is 311 g/mol. The molecular formula is C12H17N5O3S. The Labute approximate surface area is 125 Å². The second-order valence-corrected chi connectivity index (χ2v) is 6.60. The van der Waals surface area contributed by atoms with E-state index in [1.165, 1.54) is 20.6 Å². The van der Waals surface area contributed by atoms with Gasteiger partial charge in [0.1, 0.15) is 6.20 Å². The first-order valence-corrected chi connectivity index (χ1v) is 7.19. The van der Waals surface area contributed by atoms with E-state index in [-0.39, 0.29) is 29.6 Å². The Hall–Kier alpha value is -2.16. The zero-order valence-electron chi connectivity index (χ0n) is 12.3. The van der Waals surface area contributed by atoms with Gasteiger partial charge in [0, 0.05) is 18.0 Å². The lowest BCUT2D eigenvalue weighted by atomic mass is 10.1. The smallest absolute Gasteiger partial charge is 0.358 e. The summed E-state index contributed by atoms with van der Waals surface area (Å²) in [5, 5.41) is 15.8. The molecule has 1 N–H and O–H groups in total.